The summed E-state index contributed by atoms with van der Waals surface area (Å²) < 4.78 is 10.5. The van der Waals surface area contributed by atoms with Gasteiger partial charge in [0.2, 0.25) is 0 Å². The van der Waals surface area contributed by atoms with Gasteiger partial charge in [0.15, 0.2) is 0 Å². The van der Waals surface area contributed by atoms with Crippen LogP contribution in [-0.2, 0) is 0 Å². The molecule has 0 saturated heterocycles. The molecule has 1 aromatic heterocycles. The third-order valence-electron chi connectivity index (χ3n) is 3.09. The summed E-state index contributed by atoms with van der Waals surface area (Å²) in [4.78, 5) is 16.0. The Balaban J connectivity index is 2.20. The quantitative estimate of drug-likeness (QED) is 0.769. The number of amides is 1. The number of aromatic nitrogens is 1. The lowest BCUT2D eigenvalue weighted by atomic mass is 10.2. The molecule has 0 atom stereocenters. The van der Waals surface area contributed by atoms with Crippen molar-refractivity contribution in [2.75, 3.05) is 26.1 Å². The summed E-state index contributed by atoms with van der Waals surface area (Å²) in [7, 11) is 3.18. The third-order valence-corrected chi connectivity index (χ3v) is 3.09. The highest BCUT2D eigenvalue weighted by atomic mass is 16.5. The SMILES string of the molecule is C=CCNC(=O)c1cc(Nc2ccc(OC)cc2OC)ccn1. The van der Waals surface area contributed by atoms with Crippen LogP contribution in [0.25, 0.3) is 0 Å². The minimum absolute atomic E-state index is 0.254. The smallest absolute Gasteiger partial charge is 0.270 e. The molecule has 0 radical (unpaired) electrons. The molecule has 6 heteroatoms. The zero-order valence-corrected chi connectivity index (χ0v) is 13.1. The molecule has 2 rings (SSSR count). The van der Waals surface area contributed by atoms with E-state index in [4.69, 9.17) is 9.47 Å². The van der Waals surface area contributed by atoms with E-state index in [9.17, 15) is 4.79 Å². The first-order valence-electron chi connectivity index (χ1n) is 7.02. The van der Waals surface area contributed by atoms with Crippen molar-refractivity contribution in [3.05, 3.63) is 54.9 Å². The second-order valence-corrected chi connectivity index (χ2v) is 4.62. The molecule has 0 bridgehead atoms. The number of benzene rings is 1. The van der Waals surface area contributed by atoms with Crippen molar-refractivity contribution in [2.45, 2.75) is 0 Å². The highest BCUT2D eigenvalue weighted by molar-refractivity contribution is 5.93. The van der Waals surface area contributed by atoms with E-state index in [1.807, 2.05) is 12.1 Å². The fraction of sp³-hybridized carbons (Fsp3) is 0.176. The Bertz CT molecular complexity index is 701. The first-order chi connectivity index (χ1) is 11.2. The van der Waals surface area contributed by atoms with Crippen molar-refractivity contribution in [1.29, 1.82) is 0 Å². The molecule has 6 nitrogen and oxygen atoms in total. The Labute approximate surface area is 135 Å². The number of nitrogens with zero attached hydrogens (tertiary/aromatic N) is 1. The zero-order chi connectivity index (χ0) is 16.7. The second-order valence-electron chi connectivity index (χ2n) is 4.62. The summed E-state index contributed by atoms with van der Waals surface area (Å²) in [5.41, 5.74) is 1.81. The molecule has 1 amide bonds. The average molecular weight is 313 g/mol. The van der Waals surface area contributed by atoms with E-state index in [-0.39, 0.29) is 5.91 Å². The highest BCUT2D eigenvalue weighted by Gasteiger charge is 2.09. The van der Waals surface area contributed by atoms with Crippen LogP contribution in [0, 0.1) is 0 Å². The van der Waals surface area contributed by atoms with Crippen molar-refractivity contribution in [1.82, 2.24) is 10.3 Å². The predicted molar refractivity (Wildman–Crippen MR) is 89.6 cm³/mol. The number of carbonyl (C=O) groups excluding carboxylic acids is 1. The summed E-state index contributed by atoms with van der Waals surface area (Å²) in [6, 6.07) is 8.89. The molecule has 2 aromatic rings. The molecule has 23 heavy (non-hydrogen) atoms. The number of carbonyl (C=O) groups is 1. The molecular weight excluding hydrogens is 294 g/mol. The molecule has 0 fully saturated rings. The predicted octanol–water partition coefficient (Wildman–Crippen LogP) is 2.76. The van der Waals surface area contributed by atoms with E-state index < -0.39 is 0 Å². The molecule has 120 valence electrons. The van der Waals surface area contributed by atoms with Gasteiger partial charge in [-0.25, -0.2) is 0 Å². The molecule has 0 saturated carbocycles. The lowest BCUT2D eigenvalue weighted by Crippen LogP contribution is -2.24. The lowest BCUT2D eigenvalue weighted by molar-refractivity contribution is 0.0953. The van der Waals surface area contributed by atoms with Crippen LogP contribution in [0.2, 0.25) is 0 Å². The van der Waals surface area contributed by atoms with Crippen molar-refractivity contribution < 1.29 is 14.3 Å². The number of anilines is 2. The Hall–Kier alpha value is -3.02. The van der Waals surface area contributed by atoms with Crippen LogP contribution in [-0.4, -0.2) is 31.7 Å². The fourth-order valence-corrected chi connectivity index (χ4v) is 1.95. The number of rotatable bonds is 7. The fourth-order valence-electron chi connectivity index (χ4n) is 1.95. The van der Waals surface area contributed by atoms with Gasteiger partial charge in [-0.15, -0.1) is 6.58 Å². The van der Waals surface area contributed by atoms with Crippen LogP contribution < -0.4 is 20.1 Å². The zero-order valence-electron chi connectivity index (χ0n) is 13.1. The molecule has 0 spiro atoms. The van der Waals surface area contributed by atoms with Crippen LogP contribution in [0.1, 0.15) is 10.5 Å². The van der Waals surface area contributed by atoms with E-state index in [2.05, 4.69) is 22.2 Å². The molecule has 0 unspecified atom stereocenters. The maximum Gasteiger partial charge on any atom is 0.270 e. The van der Waals surface area contributed by atoms with E-state index in [0.717, 1.165) is 11.4 Å². The first kappa shape index (κ1) is 16.4. The summed E-state index contributed by atoms with van der Waals surface area (Å²) in [6.45, 7) is 3.95. The van der Waals surface area contributed by atoms with Gasteiger partial charge < -0.3 is 20.1 Å². The maximum absolute atomic E-state index is 11.9. The standard InChI is InChI=1S/C17H19N3O3/c1-4-8-19-17(21)15-10-12(7-9-18-15)20-14-6-5-13(22-2)11-16(14)23-3/h4-7,9-11H,1,8H2,2-3H3,(H,18,20)(H,19,21). The lowest BCUT2D eigenvalue weighted by Gasteiger charge is -2.13. The molecular formula is C17H19N3O3. The van der Waals surface area contributed by atoms with Crippen LogP contribution in [0.5, 0.6) is 11.5 Å². The van der Waals surface area contributed by atoms with Gasteiger partial charge in [0.1, 0.15) is 17.2 Å². The minimum Gasteiger partial charge on any atom is -0.497 e. The number of hydrogen-bond acceptors (Lipinski definition) is 5. The van der Waals surface area contributed by atoms with Crippen LogP contribution in [0.15, 0.2) is 49.2 Å². The summed E-state index contributed by atoms with van der Waals surface area (Å²) >= 11 is 0. The van der Waals surface area contributed by atoms with Crippen molar-refractivity contribution in [2.24, 2.45) is 0 Å². The normalized spacial score (nSPS) is 9.83. The van der Waals surface area contributed by atoms with E-state index >= 15 is 0 Å². The maximum atomic E-state index is 11.9. The van der Waals surface area contributed by atoms with E-state index in [0.29, 0.717) is 23.7 Å². The van der Waals surface area contributed by atoms with Gasteiger partial charge in [-0.3, -0.25) is 9.78 Å². The van der Waals surface area contributed by atoms with E-state index in [1.54, 1.807) is 44.7 Å². The van der Waals surface area contributed by atoms with Gasteiger partial charge in [-0.2, -0.15) is 0 Å². The van der Waals surface area contributed by atoms with Gasteiger partial charge in [0.25, 0.3) is 5.91 Å². The largest absolute Gasteiger partial charge is 0.497 e. The van der Waals surface area contributed by atoms with Crippen molar-refractivity contribution in [3.8, 4) is 11.5 Å². The topological polar surface area (TPSA) is 72.5 Å². The summed E-state index contributed by atoms with van der Waals surface area (Å²) in [6.07, 6.45) is 3.18. The average Bonchev–Trinajstić information content (AvgIpc) is 2.60. The molecule has 2 N–H and O–H groups in total. The molecule has 1 heterocycles. The van der Waals surface area contributed by atoms with Crippen LogP contribution in [0.4, 0.5) is 11.4 Å². The Morgan fingerprint density at radius 2 is 2.09 bits per heavy atom. The second kappa shape index (κ2) is 7.84. The Morgan fingerprint density at radius 1 is 1.26 bits per heavy atom. The number of hydrogen-bond donors (Lipinski definition) is 2. The number of methoxy groups -OCH3 is 2. The Kier molecular flexibility index (Phi) is 5.57. The first-order valence-corrected chi connectivity index (χ1v) is 7.02. The van der Waals surface area contributed by atoms with Gasteiger partial charge in [0.05, 0.1) is 19.9 Å². The third kappa shape index (κ3) is 4.23. The van der Waals surface area contributed by atoms with Gasteiger partial charge in [0, 0.05) is 24.5 Å². The number of nitrogens with one attached hydrogen (secondary N) is 2. The summed E-state index contributed by atoms with van der Waals surface area (Å²) in [5, 5.41) is 5.89. The summed E-state index contributed by atoms with van der Waals surface area (Å²) in [5.74, 6) is 1.08. The van der Waals surface area contributed by atoms with Crippen molar-refractivity contribution in [3.63, 3.8) is 0 Å². The van der Waals surface area contributed by atoms with Crippen LogP contribution >= 0.6 is 0 Å². The molecule has 0 aliphatic carbocycles. The number of ether oxygens (including phenoxy) is 2. The highest BCUT2D eigenvalue weighted by Crippen LogP contribution is 2.31. The minimum atomic E-state index is -0.254. The molecule has 0 aliphatic rings. The Morgan fingerprint density at radius 3 is 2.78 bits per heavy atom. The van der Waals surface area contributed by atoms with Gasteiger partial charge >= 0.3 is 0 Å². The van der Waals surface area contributed by atoms with Gasteiger partial charge in [-0.1, -0.05) is 6.08 Å². The monoisotopic (exact) mass is 313 g/mol. The van der Waals surface area contributed by atoms with Crippen LogP contribution in [0.3, 0.4) is 0 Å². The van der Waals surface area contributed by atoms with Gasteiger partial charge in [-0.05, 0) is 24.3 Å². The molecule has 0 aliphatic heterocycles. The molecule has 1 aromatic carbocycles. The van der Waals surface area contributed by atoms with Crippen molar-refractivity contribution >= 4 is 17.3 Å². The van der Waals surface area contributed by atoms with E-state index in [1.165, 1.54) is 0 Å². The number of pyridine rings is 1.